The molecule has 2 bridgehead atoms. The Labute approximate surface area is 174 Å². The standard InChI is InChI=1S/C28H29N/c1-26(2)19-15-16-27(26,3)28(18-19)24-12-8-7-11-22(24)23-14-13-21(17-25(23)28)29-20-9-5-4-6-10-20/h4-14,17,19,29H,15-16,18H2,1-3H3. The third kappa shape index (κ3) is 1.96. The van der Waals surface area contributed by atoms with Crippen LogP contribution in [0.5, 0.6) is 0 Å². The molecule has 3 aliphatic carbocycles. The van der Waals surface area contributed by atoms with E-state index in [9.17, 15) is 0 Å². The molecule has 3 aliphatic rings. The second-order valence-corrected chi connectivity index (χ2v) is 10.2. The molecular formula is C28H29N. The Morgan fingerprint density at radius 2 is 1.48 bits per heavy atom. The maximum absolute atomic E-state index is 3.64. The highest BCUT2D eigenvalue weighted by molar-refractivity contribution is 5.84. The Balaban J connectivity index is 1.57. The van der Waals surface area contributed by atoms with Crippen molar-refractivity contribution >= 4 is 11.4 Å². The van der Waals surface area contributed by atoms with Gasteiger partial charge in [0.25, 0.3) is 0 Å². The van der Waals surface area contributed by atoms with Crippen molar-refractivity contribution < 1.29 is 0 Å². The Morgan fingerprint density at radius 3 is 2.21 bits per heavy atom. The zero-order chi connectivity index (χ0) is 19.9. The van der Waals surface area contributed by atoms with Crippen LogP contribution in [0.1, 0.15) is 51.2 Å². The van der Waals surface area contributed by atoms with Crippen LogP contribution in [0.15, 0.2) is 72.8 Å². The van der Waals surface area contributed by atoms with E-state index in [0.717, 1.165) is 11.6 Å². The number of nitrogens with one attached hydrogen (secondary N) is 1. The van der Waals surface area contributed by atoms with Crippen molar-refractivity contribution in [2.24, 2.45) is 16.7 Å². The molecule has 0 amide bonds. The molecular weight excluding hydrogens is 350 g/mol. The summed E-state index contributed by atoms with van der Waals surface area (Å²) in [6.45, 7) is 7.65. The number of hydrogen-bond acceptors (Lipinski definition) is 1. The van der Waals surface area contributed by atoms with E-state index in [1.165, 1.54) is 36.1 Å². The minimum Gasteiger partial charge on any atom is -0.356 e. The molecule has 3 aromatic rings. The second kappa shape index (κ2) is 5.53. The normalized spacial score (nSPS) is 30.4. The summed E-state index contributed by atoms with van der Waals surface area (Å²) in [4.78, 5) is 0. The average molecular weight is 380 g/mol. The van der Waals surface area contributed by atoms with Crippen LogP contribution < -0.4 is 5.32 Å². The fourth-order valence-corrected chi connectivity index (χ4v) is 7.26. The summed E-state index contributed by atoms with van der Waals surface area (Å²) in [6, 6.07) is 26.8. The van der Waals surface area contributed by atoms with Crippen LogP contribution in [0.3, 0.4) is 0 Å². The van der Waals surface area contributed by atoms with E-state index < -0.39 is 0 Å². The average Bonchev–Trinajstić information content (AvgIpc) is 3.20. The summed E-state index contributed by atoms with van der Waals surface area (Å²) in [5, 5.41) is 3.64. The van der Waals surface area contributed by atoms with Gasteiger partial charge in [0.2, 0.25) is 0 Å². The molecule has 3 aromatic carbocycles. The van der Waals surface area contributed by atoms with Gasteiger partial charge in [0.1, 0.15) is 0 Å². The first-order valence-electron chi connectivity index (χ1n) is 11.0. The molecule has 1 heteroatoms. The molecule has 29 heavy (non-hydrogen) atoms. The third-order valence-electron chi connectivity index (χ3n) is 9.15. The zero-order valence-electron chi connectivity index (χ0n) is 17.6. The van der Waals surface area contributed by atoms with Crippen LogP contribution in [0.2, 0.25) is 0 Å². The van der Waals surface area contributed by atoms with Gasteiger partial charge in [-0.25, -0.2) is 0 Å². The van der Waals surface area contributed by atoms with Crippen LogP contribution >= 0.6 is 0 Å². The molecule has 0 saturated heterocycles. The molecule has 3 atom stereocenters. The first-order valence-corrected chi connectivity index (χ1v) is 11.0. The Hall–Kier alpha value is -2.54. The maximum atomic E-state index is 3.64. The maximum Gasteiger partial charge on any atom is 0.0387 e. The van der Waals surface area contributed by atoms with Crippen molar-refractivity contribution in [2.45, 2.75) is 45.4 Å². The van der Waals surface area contributed by atoms with Crippen molar-refractivity contribution in [2.75, 3.05) is 5.32 Å². The number of fused-ring (bicyclic) bond motifs is 8. The quantitative estimate of drug-likeness (QED) is 0.485. The van der Waals surface area contributed by atoms with Gasteiger partial charge in [0.05, 0.1) is 0 Å². The molecule has 0 aromatic heterocycles. The van der Waals surface area contributed by atoms with Crippen LogP contribution in [0.4, 0.5) is 11.4 Å². The largest absolute Gasteiger partial charge is 0.356 e. The molecule has 1 N–H and O–H groups in total. The smallest absolute Gasteiger partial charge is 0.0387 e. The lowest BCUT2D eigenvalue weighted by atomic mass is 9.55. The summed E-state index contributed by atoms with van der Waals surface area (Å²) < 4.78 is 0. The first kappa shape index (κ1) is 17.3. The summed E-state index contributed by atoms with van der Waals surface area (Å²) in [5.41, 5.74) is 9.17. The van der Waals surface area contributed by atoms with Crippen molar-refractivity contribution in [3.8, 4) is 11.1 Å². The van der Waals surface area contributed by atoms with Gasteiger partial charge in [0, 0.05) is 16.8 Å². The highest BCUT2D eigenvalue weighted by Gasteiger charge is 2.71. The lowest BCUT2D eigenvalue weighted by molar-refractivity contribution is 0.0990. The highest BCUT2D eigenvalue weighted by atomic mass is 14.9. The summed E-state index contributed by atoms with van der Waals surface area (Å²) in [6.07, 6.45) is 3.99. The van der Waals surface area contributed by atoms with Crippen LogP contribution in [0, 0.1) is 16.7 Å². The summed E-state index contributed by atoms with van der Waals surface area (Å²) >= 11 is 0. The lowest BCUT2D eigenvalue weighted by Crippen LogP contribution is -2.44. The van der Waals surface area contributed by atoms with Gasteiger partial charge in [-0.2, -0.15) is 0 Å². The number of rotatable bonds is 2. The van der Waals surface area contributed by atoms with Gasteiger partial charge in [-0.15, -0.1) is 0 Å². The van der Waals surface area contributed by atoms with Gasteiger partial charge in [-0.3, -0.25) is 0 Å². The Morgan fingerprint density at radius 1 is 0.759 bits per heavy atom. The predicted octanol–water partition coefficient (Wildman–Crippen LogP) is 7.54. The van der Waals surface area contributed by atoms with Crippen molar-refractivity contribution in [3.05, 3.63) is 83.9 Å². The second-order valence-electron chi connectivity index (χ2n) is 10.2. The minimum absolute atomic E-state index is 0.139. The van der Waals surface area contributed by atoms with Crippen molar-refractivity contribution in [3.63, 3.8) is 0 Å². The molecule has 1 nitrogen and oxygen atoms in total. The number of anilines is 2. The van der Waals surface area contributed by atoms with E-state index in [1.54, 1.807) is 11.1 Å². The summed E-state index contributed by atoms with van der Waals surface area (Å²) in [7, 11) is 0. The summed E-state index contributed by atoms with van der Waals surface area (Å²) in [5.74, 6) is 0.803. The Bertz CT molecular complexity index is 1110. The fourth-order valence-electron chi connectivity index (χ4n) is 7.26. The minimum atomic E-state index is 0.139. The molecule has 1 spiro atoms. The SMILES string of the molecule is CC1(C)C2CCC1(C)C1(C2)c2ccccc2-c2ccc(Nc3ccccc3)cc21. The van der Waals surface area contributed by atoms with E-state index in [2.05, 4.69) is 98.9 Å². The lowest BCUT2D eigenvalue weighted by Gasteiger charge is -2.48. The van der Waals surface area contributed by atoms with Gasteiger partial charge in [-0.1, -0.05) is 69.3 Å². The topological polar surface area (TPSA) is 12.0 Å². The molecule has 2 saturated carbocycles. The van der Waals surface area contributed by atoms with Gasteiger partial charge in [-0.05, 0) is 82.5 Å². The van der Waals surface area contributed by atoms with Gasteiger partial charge >= 0.3 is 0 Å². The van der Waals surface area contributed by atoms with Crippen LogP contribution in [-0.2, 0) is 5.41 Å². The van der Waals surface area contributed by atoms with E-state index in [-0.39, 0.29) is 10.8 Å². The van der Waals surface area contributed by atoms with Crippen LogP contribution in [-0.4, -0.2) is 0 Å². The monoisotopic (exact) mass is 379 g/mol. The Kier molecular flexibility index (Phi) is 3.31. The number of hydrogen-bond donors (Lipinski definition) is 1. The molecule has 6 rings (SSSR count). The molecule has 2 fully saturated rings. The zero-order valence-corrected chi connectivity index (χ0v) is 17.6. The predicted molar refractivity (Wildman–Crippen MR) is 122 cm³/mol. The highest BCUT2D eigenvalue weighted by Crippen LogP contribution is 2.78. The van der Waals surface area contributed by atoms with Crippen LogP contribution in [0.25, 0.3) is 11.1 Å². The van der Waals surface area contributed by atoms with Crippen molar-refractivity contribution in [1.29, 1.82) is 0 Å². The molecule has 0 heterocycles. The first-order chi connectivity index (χ1) is 14.0. The molecule has 0 aliphatic heterocycles. The van der Waals surface area contributed by atoms with Crippen molar-refractivity contribution in [1.82, 2.24) is 0 Å². The van der Waals surface area contributed by atoms with E-state index in [0.29, 0.717) is 5.41 Å². The molecule has 0 radical (unpaired) electrons. The molecule has 3 unspecified atom stereocenters. The number of benzene rings is 3. The van der Waals surface area contributed by atoms with E-state index >= 15 is 0 Å². The fraction of sp³-hybridized carbons (Fsp3) is 0.357. The third-order valence-corrected chi connectivity index (χ3v) is 9.15. The number of para-hydroxylation sites is 1. The van der Waals surface area contributed by atoms with E-state index in [1.807, 2.05) is 0 Å². The van der Waals surface area contributed by atoms with E-state index in [4.69, 9.17) is 0 Å². The van der Waals surface area contributed by atoms with Gasteiger partial charge in [0.15, 0.2) is 0 Å². The van der Waals surface area contributed by atoms with Gasteiger partial charge < -0.3 is 5.32 Å². The molecule has 146 valence electrons.